The first-order valence-corrected chi connectivity index (χ1v) is 6.16. The highest BCUT2D eigenvalue weighted by molar-refractivity contribution is 5.86. The lowest BCUT2D eigenvalue weighted by Gasteiger charge is -2.27. The molecule has 1 aromatic carbocycles. The van der Waals surface area contributed by atoms with E-state index in [0.29, 0.717) is 6.42 Å². The average molecular weight is 245 g/mol. The lowest BCUT2D eigenvalue weighted by atomic mass is 10.1. The molecule has 0 aliphatic carbocycles. The van der Waals surface area contributed by atoms with E-state index in [1.54, 1.807) is 0 Å². The van der Waals surface area contributed by atoms with Crippen molar-refractivity contribution in [1.29, 1.82) is 0 Å². The van der Waals surface area contributed by atoms with Gasteiger partial charge in [-0.3, -0.25) is 4.79 Å². The second-order valence-electron chi connectivity index (χ2n) is 4.43. The Labute approximate surface area is 105 Å². The Kier molecular flexibility index (Phi) is 2.98. The molecule has 1 aromatic heterocycles. The summed E-state index contributed by atoms with van der Waals surface area (Å²) in [6, 6.07) is 7.63. The number of amides is 1. The number of piperazine rings is 1. The molecule has 94 valence electrons. The lowest BCUT2D eigenvalue weighted by molar-refractivity contribution is -0.131. The smallest absolute Gasteiger partial charge is 0.228 e. The third-order valence-electron chi connectivity index (χ3n) is 3.24. The molecule has 0 unspecified atom stereocenters. The lowest BCUT2D eigenvalue weighted by Crippen LogP contribution is -2.47. The van der Waals surface area contributed by atoms with E-state index in [1.807, 2.05) is 29.2 Å². The highest BCUT2D eigenvalue weighted by Gasteiger charge is 2.19. The van der Waals surface area contributed by atoms with Gasteiger partial charge in [0, 0.05) is 31.6 Å². The van der Waals surface area contributed by atoms with Crippen LogP contribution in [0.4, 0.5) is 0 Å². The summed E-state index contributed by atoms with van der Waals surface area (Å²) in [6.07, 6.45) is 0.316. The largest absolute Gasteiger partial charge is 0.356 e. The predicted molar refractivity (Wildman–Crippen MR) is 67.2 cm³/mol. The highest BCUT2D eigenvalue weighted by Crippen LogP contribution is 2.18. The summed E-state index contributed by atoms with van der Waals surface area (Å²) in [6.45, 7) is 3.28. The topological polar surface area (TPSA) is 58.4 Å². The summed E-state index contributed by atoms with van der Waals surface area (Å²) in [5, 5.41) is 8.15. The van der Waals surface area contributed by atoms with Crippen LogP contribution in [0, 0.1) is 0 Å². The van der Waals surface area contributed by atoms with E-state index in [1.165, 1.54) is 0 Å². The van der Waals surface area contributed by atoms with Gasteiger partial charge in [-0.15, -0.1) is 0 Å². The summed E-state index contributed by atoms with van der Waals surface area (Å²) in [7, 11) is 0. The third-order valence-corrected chi connectivity index (χ3v) is 3.24. The van der Waals surface area contributed by atoms with Crippen LogP contribution in [0.3, 0.4) is 0 Å². The van der Waals surface area contributed by atoms with Gasteiger partial charge in [-0.25, -0.2) is 0 Å². The fourth-order valence-electron chi connectivity index (χ4n) is 2.23. The second-order valence-corrected chi connectivity index (χ2v) is 4.43. The van der Waals surface area contributed by atoms with Gasteiger partial charge in [-0.1, -0.05) is 17.3 Å². The monoisotopic (exact) mass is 245 g/mol. The van der Waals surface area contributed by atoms with Gasteiger partial charge >= 0.3 is 0 Å². The number of hydrogen-bond donors (Lipinski definition) is 1. The number of fused-ring (bicyclic) bond motifs is 1. The van der Waals surface area contributed by atoms with Crippen LogP contribution in [0.5, 0.6) is 0 Å². The summed E-state index contributed by atoms with van der Waals surface area (Å²) in [4.78, 5) is 14.0. The van der Waals surface area contributed by atoms with Gasteiger partial charge in [0.25, 0.3) is 0 Å². The van der Waals surface area contributed by atoms with Crippen LogP contribution < -0.4 is 5.32 Å². The molecular weight excluding hydrogens is 230 g/mol. The molecule has 1 N–H and O–H groups in total. The molecule has 0 bridgehead atoms. The fourth-order valence-corrected chi connectivity index (χ4v) is 2.23. The van der Waals surface area contributed by atoms with Crippen molar-refractivity contribution in [3.05, 3.63) is 30.0 Å². The SMILES string of the molecule is O=C(Cc1noc2ccccc12)N1CCNCC1. The first kappa shape index (κ1) is 11.2. The molecule has 18 heavy (non-hydrogen) atoms. The number of benzene rings is 1. The van der Waals surface area contributed by atoms with Crippen molar-refractivity contribution in [1.82, 2.24) is 15.4 Å². The Morgan fingerprint density at radius 1 is 1.33 bits per heavy atom. The number of aromatic nitrogens is 1. The second kappa shape index (κ2) is 4.78. The van der Waals surface area contributed by atoms with E-state index in [4.69, 9.17) is 4.52 Å². The first-order chi connectivity index (χ1) is 8.84. The Bertz CT molecular complexity index is 558. The Morgan fingerprint density at radius 2 is 2.11 bits per heavy atom. The minimum absolute atomic E-state index is 0.121. The number of carbonyl (C=O) groups is 1. The summed E-state index contributed by atoms with van der Waals surface area (Å²) in [5.41, 5.74) is 1.47. The molecule has 3 rings (SSSR count). The van der Waals surface area contributed by atoms with Gasteiger partial charge in [-0.05, 0) is 12.1 Å². The predicted octanol–water partition coefficient (Wildman–Crippen LogP) is 0.802. The van der Waals surface area contributed by atoms with Gasteiger partial charge < -0.3 is 14.7 Å². The minimum atomic E-state index is 0.121. The van der Waals surface area contributed by atoms with Crippen LogP contribution in [0.2, 0.25) is 0 Å². The van der Waals surface area contributed by atoms with Crippen LogP contribution in [-0.2, 0) is 11.2 Å². The molecule has 2 aromatic rings. The van der Waals surface area contributed by atoms with Crippen LogP contribution in [0.25, 0.3) is 11.0 Å². The molecule has 0 saturated carbocycles. The summed E-state index contributed by atoms with van der Waals surface area (Å²) in [5.74, 6) is 0.121. The molecule has 0 radical (unpaired) electrons. The quantitative estimate of drug-likeness (QED) is 0.850. The van der Waals surface area contributed by atoms with Crippen molar-refractivity contribution in [2.45, 2.75) is 6.42 Å². The molecule has 1 aliphatic rings. The summed E-state index contributed by atoms with van der Waals surface area (Å²) < 4.78 is 5.20. The normalized spacial score (nSPS) is 16.1. The van der Waals surface area contributed by atoms with Crippen molar-refractivity contribution in [2.75, 3.05) is 26.2 Å². The van der Waals surface area contributed by atoms with E-state index < -0.39 is 0 Å². The number of para-hydroxylation sites is 1. The van der Waals surface area contributed by atoms with Crippen molar-refractivity contribution in [3.8, 4) is 0 Å². The van der Waals surface area contributed by atoms with Crippen LogP contribution in [0.1, 0.15) is 5.69 Å². The van der Waals surface area contributed by atoms with Gasteiger partial charge in [0.1, 0.15) is 5.69 Å². The number of rotatable bonds is 2. The minimum Gasteiger partial charge on any atom is -0.356 e. The number of nitrogens with one attached hydrogen (secondary N) is 1. The van der Waals surface area contributed by atoms with E-state index >= 15 is 0 Å². The maximum Gasteiger partial charge on any atom is 0.228 e. The number of hydrogen-bond acceptors (Lipinski definition) is 4. The standard InChI is InChI=1S/C13H15N3O2/c17-13(16-7-5-14-6-8-16)9-11-10-3-1-2-4-12(10)18-15-11/h1-4,14H,5-9H2. The molecule has 1 amide bonds. The van der Waals surface area contributed by atoms with E-state index in [9.17, 15) is 4.79 Å². The summed E-state index contributed by atoms with van der Waals surface area (Å²) >= 11 is 0. The zero-order chi connectivity index (χ0) is 12.4. The molecule has 5 heteroatoms. The molecular formula is C13H15N3O2. The van der Waals surface area contributed by atoms with Crippen molar-refractivity contribution >= 4 is 16.9 Å². The van der Waals surface area contributed by atoms with Gasteiger partial charge in [0.15, 0.2) is 5.58 Å². The number of nitrogens with zero attached hydrogens (tertiary/aromatic N) is 2. The van der Waals surface area contributed by atoms with Crippen LogP contribution >= 0.6 is 0 Å². The molecule has 1 aliphatic heterocycles. The molecule has 5 nitrogen and oxygen atoms in total. The average Bonchev–Trinajstić information content (AvgIpc) is 2.83. The number of carbonyl (C=O) groups excluding carboxylic acids is 1. The molecule has 1 fully saturated rings. The Morgan fingerprint density at radius 3 is 2.94 bits per heavy atom. The van der Waals surface area contributed by atoms with E-state index in [0.717, 1.165) is 42.8 Å². The highest BCUT2D eigenvalue weighted by atomic mass is 16.5. The molecule has 0 spiro atoms. The Balaban J connectivity index is 1.77. The van der Waals surface area contributed by atoms with Gasteiger partial charge in [0.2, 0.25) is 5.91 Å². The third kappa shape index (κ3) is 2.09. The van der Waals surface area contributed by atoms with Gasteiger partial charge in [0.05, 0.1) is 6.42 Å². The van der Waals surface area contributed by atoms with Crippen LogP contribution in [-0.4, -0.2) is 42.1 Å². The Hall–Kier alpha value is -1.88. The van der Waals surface area contributed by atoms with E-state index in [-0.39, 0.29) is 5.91 Å². The van der Waals surface area contributed by atoms with Crippen molar-refractivity contribution in [3.63, 3.8) is 0 Å². The van der Waals surface area contributed by atoms with Gasteiger partial charge in [-0.2, -0.15) is 0 Å². The molecule has 2 heterocycles. The molecule has 0 atom stereocenters. The van der Waals surface area contributed by atoms with Crippen molar-refractivity contribution in [2.24, 2.45) is 0 Å². The van der Waals surface area contributed by atoms with E-state index in [2.05, 4.69) is 10.5 Å². The maximum absolute atomic E-state index is 12.1. The first-order valence-electron chi connectivity index (χ1n) is 6.16. The zero-order valence-corrected chi connectivity index (χ0v) is 10.1. The van der Waals surface area contributed by atoms with Crippen LogP contribution in [0.15, 0.2) is 28.8 Å². The van der Waals surface area contributed by atoms with Crippen molar-refractivity contribution < 1.29 is 9.32 Å². The zero-order valence-electron chi connectivity index (χ0n) is 10.1. The fraction of sp³-hybridized carbons (Fsp3) is 0.385. The molecule has 1 saturated heterocycles. The maximum atomic E-state index is 12.1.